The molecule has 0 aliphatic carbocycles. The zero-order valence-corrected chi connectivity index (χ0v) is 16.7. The monoisotopic (exact) mass is 466 g/mol. The van der Waals surface area contributed by atoms with E-state index in [0.29, 0.717) is 0 Å². The minimum atomic E-state index is -5.10. The lowest BCUT2D eigenvalue weighted by molar-refractivity contribution is -0.141. The minimum Gasteiger partial charge on any atom is -0.192 e. The van der Waals surface area contributed by atoms with Crippen LogP contribution in [-0.2, 0) is 12.4 Å². The Morgan fingerprint density at radius 2 is 1.18 bits per heavy atom. The van der Waals surface area contributed by atoms with Crippen molar-refractivity contribution in [3.8, 4) is 35.4 Å². The predicted octanol–water partition coefficient (Wildman–Crippen LogP) is 4.94. The van der Waals surface area contributed by atoms with E-state index in [4.69, 9.17) is 0 Å². The second-order valence-electron chi connectivity index (χ2n) is 6.85. The van der Waals surface area contributed by atoms with Gasteiger partial charge >= 0.3 is 12.4 Å². The van der Waals surface area contributed by atoms with E-state index in [9.17, 15) is 47.4 Å². The number of benzene rings is 3. The molecule has 0 aliphatic rings. The SMILES string of the molecule is N#CC(C#N)=c1cc(-c2cc(C(F)(F)F)ccc2C(F)(F)F)c(=C(C#N)C#N)c2ccccc12. The summed E-state index contributed by atoms with van der Waals surface area (Å²) in [5.41, 5.74) is -5.51. The standard InChI is InChI=1S/C24H8F6N4/c25-23(26,27)15-5-6-21(24(28,29)30)19(7-15)20-8-18(13(9-31)10-32)16-3-1-2-4-17(16)22(20)14(11-33)12-34/h1-8H. The first-order valence-electron chi connectivity index (χ1n) is 9.17. The van der Waals surface area contributed by atoms with Gasteiger partial charge in [0.25, 0.3) is 0 Å². The Morgan fingerprint density at radius 1 is 0.618 bits per heavy atom. The second-order valence-corrected chi connectivity index (χ2v) is 6.85. The molecule has 0 aromatic heterocycles. The highest BCUT2D eigenvalue weighted by Crippen LogP contribution is 2.40. The number of hydrogen-bond acceptors (Lipinski definition) is 4. The molecule has 0 bridgehead atoms. The van der Waals surface area contributed by atoms with Crippen LogP contribution in [0.15, 0.2) is 48.5 Å². The maximum atomic E-state index is 13.8. The third-order valence-corrected chi connectivity index (χ3v) is 4.95. The van der Waals surface area contributed by atoms with Crippen molar-refractivity contribution < 1.29 is 26.3 Å². The van der Waals surface area contributed by atoms with Crippen molar-refractivity contribution in [1.29, 1.82) is 21.0 Å². The van der Waals surface area contributed by atoms with Gasteiger partial charge in [-0.05, 0) is 46.2 Å². The molecule has 0 amide bonds. The Morgan fingerprint density at radius 3 is 1.68 bits per heavy atom. The van der Waals surface area contributed by atoms with Crippen LogP contribution in [0.25, 0.3) is 33.0 Å². The van der Waals surface area contributed by atoms with Gasteiger partial charge in [-0.3, -0.25) is 0 Å². The van der Waals surface area contributed by atoms with Gasteiger partial charge in [0.15, 0.2) is 0 Å². The molecule has 10 heteroatoms. The molecule has 34 heavy (non-hydrogen) atoms. The Labute approximate surface area is 187 Å². The summed E-state index contributed by atoms with van der Waals surface area (Å²) < 4.78 is 81.7. The van der Waals surface area contributed by atoms with E-state index in [1.165, 1.54) is 24.3 Å². The molecule has 0 fully saturated rings. The Kier molecular flexibility index (Phi) is 6.05. The van der Waals surface area contributed by atoms with Crippen molar-refractivity contribution >= 4 is 21.9 Å². The molecule has 4 nitrogen and oxygen atoms in total. The quantitative estimate of drug-likeness (QED) is 0.475. The third-order valence-electron chi connectivity index (χ3n) is 4.95. The van der Waals surface area contributed by atoms with E-state index < -0.39 is 45.8 Å². The number of fused-ring (bicyclic) bond motifs is 1. The Hall–Kier alpha value is -4.80. The largest absolute Gasteiger partial charge is 0.417 e. The first-order chi connectivity index (χ1) is 16.0. The molecule has 3 aromatic carbocycles. The first kappa shape index (κ1) is 23.9. The highest BCUT2D eigenvalue weighted by atomic mass is 19.4. The van der Waals surface area contributed by atoms with Gasteiger partial charge in [-0.2, -0.15) is 47.4 Å². The van der Waals surface area contributed by atoms with E-state index in [1.807, 2.05) is 0 Å². The zero-order valence-electron chi connectivity index (χ0n) is 16.7. The van der Waals surface area contributed by atoms with Gasteiger partial charge in [0.1, 0.15) is 35.4 Å². The Balaban J connectivity index is 2.79. The number of hydrogen-bond donors (Lipinski definition) is 0. The maximum absolute atomic E-state index is 13.8. The van der Waals surface area contributed by atoms with Crippen LogP contribution in [0.4, 0.5) is 26.3 Å². The van der Waals surface area contributed by atoms with Crippen LogP contribution in [0.2, 0.25) is 0 Å². The summed E-state index contributed by atoms with van der Waals surface area (Å²) in [5, 5.41) is 37.3. The number of alkyl halides is 6. The Bertz CT molecular complexity index is 1590. The summed E-state index contributed by atoms with van der Waals surface area (Å²) >= 11 is 0. The van der Waals surface area contributed by atoms with E-state index >= 15 is 0 Å². The van der Waals surface area contributed by atoms with Gasteiger partial charge in [0.05, 0.1) is 11.1 Å². The maximum Gasteiger partial charge on any atom is 0.417 e. The van der Waals surface area contributed by atoms with Crippen LogP contribution in [0.5, 0.6) is 0 Å². The summed E-state index contributed by atoms with van der Waals surface area (Å²) in [5.74, 6) is 0. The van der Waals surface area contributed by atoms with Gasteiger partial charge in [-0.25, -0.2) is 0 Å². The molecule has 3 aromatic rings. The smallest absolute Gasteiger partial charge is 0.192 e. The second kappa shape index (κ2) is 8.62. The molecule has 0 radical (unpaired) electrons. The topological polar surface area (TPSA) is 95.2 Å². The van der Waals surface area contributed by atoms with Gasteiger partial charge in [0.2, 0.25) is 0 Å². The van der Waals surface area contributed by atoms with E-state index in [1.54, 1.807) is 24.3 Å². The summed E-state index contributed by atoms with van der Waals surface area (Å²) in [6, 6.07) is 13.8. The average molecular weight is 466 g/mol. The molecular weight excluding hydrogens is 458 g/mol. The highest BCUT2D eigenvalue weighted by molar-refractivity contribution is 5.97. The molecule has 0 unspecified atom stereocenters. The lowest BCUT2D eigenvalue weighted by Gasteiger charge is -2.17. The molecule has 0 atom stereocenters. The summed E-state index contributed by atoms with van der Waals surface area (Å²) in [6.45, 7) is 0. The number of halogens is 6. The summed E-state index contributed by atoms with van der Waals surface area (Å²) in [6.07, 6.45) is -10.1. The molecule has 0 saturated carbocycles. The molecule has 0 heterocycles. The van der Waals surface area contributed by atoms with Crippen molar-refractivity contribution in [3.63, 3.8) is 0 Å². The van der Waals surface area contributed by atoms with E-state index in [0.717, 1.165) is 6.07 Å². The fourth-order valence-electron chi connectivity index (χ4n) is 3.54. The van der Waals surface area contributed by atoms with Gasteiger partial charge in [-0.15, -0.1) is 0 Å². The molecule has 0 N–H and O–H groups in total. The van der Waals surface area contributed by atoms with E-state index in [-0.39, 0.29) is 39.4 Å². The van der Waals surface area contributed by atoms with Crippen molar-refractivity contribution in [1.82, 2.24) is 0 Å². The third kappa shape index (κ3) is 4.13. The zero-order chi connectivity index (χ0) is 25.3. The van der Waals surface area contributed by atoms with Gasteiger partial charge in [-0.1, -0.05) is 24.3 Å². The fraction of sp³-hybridized carbons (Fsp3) is 0.0833. The lowest BCUT2D eigenvalue weighted by Crippen LogP contribution is -2.21. The van der Waals surface area contributed by atoms with Crippen molar-refractivity contribution in [2.75, 3.05) is 0 Å². The number of nitrogens with zero attached hydrogens (tertiary/aromatic N) is 4. The van der Waals surface area contributed by atoms with Crippen LogP contribution in [0.3, 0.4) is 0 Å². The molecule has 0 spiro atoms. The lowest BCUT2D eigenvalue weighted by atomic mass is 9.89. The molecule has 166 valence electrons. The summed E-state index contributed by atoms with van der Waals surface area (Å²) in [7, 11) is 0. The van der Waals surface area contributed by atoms with Crippen LogP contribution < -0.4 is 10.4 Å². The first-order valence-corrected chi connectivity index (χ1v) is 9.17. The molecule has 3 rings (SSSR count). The van der Waals surface area contributed by atoms with Crippen molar-refractivity contribution in [3.05, 3.63) is 70.1 Å². The molecule has 0 saturated heterocycles. The van der Waals surface area contributed by atoms with Crippen LogP contribution in [0, 0.1) is 45.3 Å². The number of nitriles is 4. The summed E-state index contributed by atoms with van der Waals surface area (Å²) in [4.78, 5) is 0. The van der Waals surface area contributed by atoms with Gasteiger partial charge in [0, 0.05) is 10.4 Å². The van der Waals surface area contributed by atoms with Crippen molar-refractivity contribution in [2.45, 2.75) is 12.4 Å². The number of rotatable bonds is 1. The van der Waals surface area contributed by atoms with E-state index in [2.05, 4.69) is 0 Å². The average Bonchev–Trinajstić information content (AvgIpc) is 2.79. The van der Waals surface area contributed by atoms with Gasteiger partial charge < -0.3 is 0 Å². The van der Waals surface area contributed by atoms with Crippen molar-refractivity contribution in [2.24, 2.45) is 0 Å². The predicted molar refractivity (Wildman–Crippen MR) is 108 cm³/mol. The fourth-order valence-corrected chi connectivity index (χ4v) is 3.54. The van der Waals surface area contributed by atoms with Crippen LogP contribution >= 0.6 is 0 Å². The molecular formula is C24H8F6N4. The normalized spacial score (nSPS) is 11.1. The highest BCUT2D eigenvalue weighted by Gasteiger charge is 2.37. The molecule has 0 aliphatic heterocycles. The van der Waals surface area contributed by atoms with Crippen LogP contribution in [0.1, 0.15) is 11.1 Å². The minimum absolute atomic E-state index is 0.0154. The van der Waals surface area contributed by atoms with Crippen LogP contribution in [-0.4, -0.2) is 0 Å².